The van der Waals surface area contributed by atoms with Gasteiger partial charge in [-0.1, -0.05) is 58.4 Å². The Balaban J connectivity index is 2.59. The molecule has 0 amide bonds. The molecule has 0 aliphatic carbocycles. The number of rotatable bonds is 10. The van der Waals surface area contributed by atoms with E-state index in [-0.39, 0.29) is 5.82 Å². The van der Waals surface area contributed by atoms with Crippen molar-refractivity contribution in [2.24, 2.45) is 0 Å². The van der Waals surface area contributed by atoms with E-state index in [1.165, 1.54) is 57.4 Å². The molecule has 0 heterocycles. The number of hydrogen-bond donors (Lipinski definition) is 1. The zero-order valence-corrected chi connectivity index (χ0v) is 13.3. The van der Waals surface area contributed by atoms with Gasteiger partial charge >= 0.3 is 0 Å². The highest BCUT2D eigenvalue weighted by Gasteiger charge is 2.11. The molecule has 1 nitrogen and oxygen atoms in total. The molecule has 20 heavy (non-hydrogen) atoms. The third-order valence-corrected chi connectivity index (χ3v) is 3.94. The minimum atomic E-state index is -0.115. The van der Waals surface area contributed by atoms with Crippen LogP contribution in [0.2, 0.25) is 0 Å². The van der Waals surface area contributed by atoms with Crippen molar-refractivity contribution in [1.29, 1.82) is 0 Å². The minimum absolute atomic E-state index is 0.115. The Hall–Kier alpha value is -1.05. The second-order valence-corrected chi connectivity index (χ2v) is 5.75. The molecule has 0 saturated heterocycles. The highest BCUT2D eigenvalue weighted by molar-refractivity contribution is 5.51. The van der Waals surface area contributed by atoms with E-state index in [0.717, 1.165) is 11.3 Å². The van der Waals surface area contributed by atoms with Crippen LogP contribution in [0.15, 0.2) is 18.2 Å². The van der Waals surface area contributed by atoms with Crippen LogP contribution in [0.1, 0.15) is 70.8 Å². The van der Waals surface area contributed by atoms with Crippen LogP contribution >= 0.6 is 0 Å². The summed E-state index contributed by atoms with van der Waals surface area (Å²) < 4.78 is 13.6. The fourth-order valence-electron chi connectivity index (χ4n) is 2.55. The van der Waals surface area contributed by atoms with Crippen molar-refractivity contribution < 1.29 is 4.39 Å². The van der Waals surface area contributed by atoms with Gasteiger partial charge in [0.2, 0.25) is 0 Å². The van der Waals surface area contributed by atoms with Gasteiger partial charge in [-0.3, -0.25) is 0 Å². The quantitative estimate of drug-likeness (QED) is 0.512. The Morgan fingerprint density at radius 2 is 1.60 bits per heavy atom. The Morgan fingerprint density at radius 1 is 1.00 bits per heavy atom. The van der Waals surface area contributed by atoms with Crippen molar-refractivity contribution in [3.8, 4) is 0 Å². The third kappa shape index (κ3) is 5.94. The molecule has 0 aliphatic rings. The van der Waals surface area contributed by atoms with Crippen molar-refractivity contribution in [3.05, 3.63) is 29.6 Å². The van der Waals surface area contributed by atoms with Crippen LogP contribution in [-0.2, 0) is 0 Å². The summed E-state index contributed by atoms with van der Waals surface area (Å²) in [6.45, 7) is 6.32. The predicted molar refractivity (Wildman–Crippen MR) is 86.8 cm³/mol. The molecule has 1 N–H and O–H groups in total. The van der Waals surface area contributed by atoms with Crippen molar-refractivity contribution in [2.75, 3.05) is 5.32 Å². The second-order valence-electron chi connectivity index (χ2n) is 5.75. The van der Waals surface area contributed by atoms with Crippen LogP contribution in [0, 0.1) is 12.7 Å². The molecule has 1 aromatic carbocycles. The van der Waals surface area contributed by atoms with Gasteiger partial charge in [-0.15, -0.1) is 0 Å². The molecule has 0 spiro atoms. The number of unbranched alkanes of at least 4 members (excludes halogenated alkanes) is 4. The standard InChI is InChI=1S/C18H30FN/c1-4-6-8-11-16(12-9-7-5-2)20-18-14-10-13-17(19)15(18)3/h10,13-14,16,20H,4-9,11-12H2,1-3H3. The first-order valence-electron chi connectivity index (χ1n) is 8.20. The lowest BCUT2D eigenvalue weighted by Crippen LogP contribution is -2.20. The molecule has 0 aliphatic heterocycles. The van der Waals surface area contributed by atoms with Gasteiger partial charge in [0.1, 0.15) is 5.82 Å². The van der Waals surface area contributed by atoms with E-state index in [2.05, 4.69) is 19.2 Å². The van der Waals surface area contributed by atoms with E-state index < -0.39 is 0 Å². The molecule has 2 heteroatoms. The zero-order chi connectivity index (χ0) is 14.8. The number of anilines is 1. The summed E-state index contributed by atoms with van der Waals surface area (Å²) in [6.07, 6.45) is 9.97. The van der Waals surface area contributed by atoms with Crippen LogP contribution in [0.5, 0.6) is 0 Å². The average molecular weight is 279 g/mol. The van der Waals surface area contributed by atoms with E-state index in [9.17, 15) is 4.39 Å². The first-order valence-corrected chi connectivity index (χ1v) is 8.20. The summed E-state index contributed by atoms with van der Waals surface area (Å²) in [5.41, 5.74) is 1.70. The first kappa shape index (κ1) is 17.0. The number of hydrogen-bond acceptors (Lipinski definition) is 1. The van der Waals surface area contributed by atoms with Crippen LogP contribution < -0.4 is 5.32 Å². The lowest BCUT2D eigenvalue weighted by molar-refractivity contribution is 0.525. The van der Waals surface area contributed by atoms with Crippen molar-refractivity contribution in [3.63, 3.8) is 0 Å². The lowest BCUT2D eigenvalue weighted by Gasteiger charge is -2.21. The zero-order valence-electron chi connectivity index (χ0n) is 13.3. The van der Waals surface area contributed by atoms with Crippen LogP contribution in [0.4, 0.5) is 10.1 Å². The summed E-state index contributed by atoms with van der Waals surface area (Å²) in [7, 11) is 0. The van der Waals surface area contributed by atoms with E-state index in [1.807, 2.05) is 13.0 Å². The molecular formula is C18H30FN. The summed E-state index contributed by atoms with van der Waals surface area (Å²) in [4.78, 5) is 0. The van der Waals surface area contributed by atoms with Gasteiger partial charge in [0, 0.05) is 17.3 Å². The van der Waals surface area contributed by atoms with Gasteiger partial charge in [0.15, 0.2) is 0 Å². The molecule has 0 aromatic heterocycles. The van der Waals surface area contributed by atoms with E-state index >= 15 is 0 Å². The summed E-state index contributed by atoms with van der Waals surface area (Å²) in [5.74, 6) is -0.115. The van der Waals surface area contributed by atoms with Crippen molar-refractivity contribution in [1.82, 2.24) is 0 Å². The van der Waals surface area contributed by atoms with E-state index in [1.54, 1.807) is 6.07 Å². The largest absolute Gasteiger partial charge is 0.382 e. The Kier molecular flexibility index (Phi) is 8.32. The Labute approximate surface area is 124 Å². The molecule has 0 fully saturated rings. The van der Waals surface area contributed by atoms with E-state index in [0.29, 0.717) is 6.04 Å². The van der Waals surface area contributed by atoms with Crippen LogP contribution in [-0.4, -0.2) is 6.04 Å². The highest BCUT2D eigenvalue weighted by Crippen LogP contribution is 2.22. The van der Waals surface area contributed by atoms with Gasteiger partial charge in [-0.25, -0.2) is 4.39 Å². The SMILES string of the molecule is CCCCCC(CCCCC)Nc1cccc(F)c1C. The van der Waals surface area contributed by atoms with Gasteiger partial charge < -0.3 is 5.32 Å². The van der Waals surface area contributed by atoms with Gasteiger partial charge in [0.25, 0.3) is 0 Å². The second kappa shape index (κ2) is 9.79. The van der Waals surface area contributed by atoms with Gasteiger partial charge in [-0.05, 0) is 31.9 Å². The average Bonchev–Trinajstić information content (AvgIpc) is 2.44. The molecule has 0 radical (unpaired) electrons. The van der Waals surface area contributed by atoms with Crippen molar-refractivity contribution >= 4 is 5.69 Å². The lowest BCUT2D eigenvalue weighted by atomic mass is 10.0. The van der Waals surface area contributed by atoms with Crippen molar-refractivity contribution in [2.45, 2.75) is 78.2 Å². The molecule has 1 rings (SSSR count). The first-order chi connectivity index (χ1) is 9.69. The number of benzene rings is 1. The minimum Gasteiger partial charge on any atom is -0.382 e. The maximum atomic E-state index is 13.6. The molecular weight excluding hydrogens is 249 g/mol. The normalized spacial score (nSPS) is 11.1. The third-order valence-electron chi connectivity index (χ3n) is 3.94. The van der Waals surface area contributed by atoms with Gasteiger partial charge in [-0.2, -0.15) is 0 Å². The Morgan fingerprint density at radius 3 is 2.15 bits per heavy atom. The molecule has 114 valence electrons. The predicted octanol–water partition coefficient (Wildman–Crippen LogP) is 6.08. The monoisotopic (exact) mass is 279 g/mol. The fourth-order valence-corrected chi connectivity index (χ4v) is 2.55. The molecule has 0 atom stereocenters. The number of nitrogens with one attached hydrogen (secondary N) is 1. The van der Waals surface area contributed by atoms with E-state index in [4.69, 9.17) is 0 Å². The van der Waals surface area contributed by atoms with Crippen LogP contribution in [0.25, 0.3) is 0 Å². The maximum Gasteiger partial charge on any atom is 0.128 e. The molecule has 0 bridgehead atoms. The number of halogens is 1. The summed E-state index contributed by atoms with van der Waals surface area (Å²) in [5, 5.41) is 3.57. The fraction of sp³-hybridized carbons (Fsp3) is 0.667. The molecule has 0 unspecified atom stereocenters. The van der Waals surface area contributed by atoms with Crippen LogP contribution in [0.3, 0.4) is 0 Å². The molecule has 0 saturated carbocycles. The highest BCUT2D eigenvalue weighted by atomic mass is 19.1. The maximum absolute atomic E-state index is 13.6. The molecule has 1 aromatic rings. The summed E-state index contributed by atoms with van der Waals surface area (Å²) >= 11 is 0. The smallest absolute Gasteiger partial charge is 0.128 e. The topological polar surface area (TPSA) is 12.0 Å². The van der Waals surface area contributed by atoms with Gasteiger partial charge in [0.05, 0.1) is 0 Å². The Bertz CT molecular complexity index is 366. The summed E-state index contributed by atoms with van der Waals surface area (Å²) in [6, 6.07) is 5.79.